The minimum Gasteiger partial charge on any atom is -0.491 e. The van der Waals surface area contributed by atoms with E-state index in [4.69, 9.17) is 15.2 Å². The Bertz CT molecular complexity index is 421. The molecule has 0 aliphatic rings. The molecule has 2 N–H and O–H groups in total. The number of para-hydroxylation sites is 1. The molecule has 21 heavy (non-hydrogen) atoms. The molecule has 1 amide bonds. The molecule has 0 aliphatic carbocycles. The van der Waals surface area contributed by atoms with E-state index in [0.29, 0.717) is 26.3 Å². The molecule has 0 aliphatic heterocycles. The van der Waals surface area contributed by atoms with Crippen LogP contribution in [0.5, 0.6) is 5.75 Å². The van der Waals surface area contributed by atoms with Crippen LogP contribution in [0, 0.1) is 5.41 Å². The third-order valence-corrected chi connectivity index (χ3v) is 3.11. The first-order valence-corrected chi connectivity index (χ1v) is 7.14. The molecule has 0 aromatic heterocycles. The van der Waals surface area contributed by atoms with Gasteiger partial charge in [0.1, 0.15) is 19.0 Å². The SMILES string of the molecule is CN(CC(C)(C)CN)C(=O)COCCOc1ccccc1. The number of likely N-dealkylation sites (N-methyl/N-ethyl adjacent to an activating group) is 1. The predicted octanol–water partition coefficient (Wildman–Crippen LogP) is 1.53. The molecule has 0 fully saturated rings. The van der Waals surface area contributed by atoms with Gasteiger partial charge < -0.3 is 20.1 Å². The van der Waals surface area contributed by atoms with Gasteiger partial charge in [0.2, 0.25) is 5.91 Å². The van der Waals surface area contributed by atoms with Gasteiger partial charge in [-0.05, 0) is 24.1 Å². The van der Waals surface area contributed by atoms with Gasteiger partial charge in [-0.1, -0.05) is 32.0 Å². The van der Waals surface area contributed by atoms with Gasteiger partial charge in [0.05, 0.1) is 6.61 Å². The molecule has 1 aromatic carbocycles. The van der Waals surface area contributed by atoms with Crippen molar-refractivity contribution in [2.45, 2.75) is 13.8 Å². The Balaban J connectivity index is 2.16. The van der Waals surface area contributed by atoms with Crippen LogP contribution in [-0.4, -0.2) is 50.8 Å². The highest BCUT2D eigenvalue weighted by molar-refractivity contribution is 5.77. The Kier molecular flexibility index (Phi) is 7.19. The summed E-state index contributed by atoms with van der Waals surface area (Å²) in [6, 6.07) is 9.52. The van der Waals surface area contributed by atoms with Gasteiger partial charge in [-0.3, -0.25) is 4.79 Å². The minimum atomic E-state index is -0.0825. The predicted molar refractivity (Wildman–Crippen MR) is 83.2 cm³/mol. The normalized spacial score (nSPS) is 11.2. The van der Waals surface area contributed by atoms with Crippen molar-refractivity contribution in [3.63, 3.8) is 0 Å². The number of carbonyl (C=O) groups excluding carboxylic acids is 1. The third kappa shape index (κ3) is 7.11. The second-order valence-electron chi connectivity index (χ2n) is 5.83. The lowest BCUT2D eigenvalue weighted by Crippen LogP contribution is -2.41. The van der Waals surface area contributed by atoms with Crippen molar-refractivity contribution in [3.8, 4) is 5.75 Å². The van der Waals surface area contributed by atoms with E-state index in [1.807, 2.05) is 44.2 Å². The topological polar surface area (TPSA) is 64.8 Å². The molecule has 5 nitrogen and oxygen atoms in total. The summed E-state index contributed by atoms with van der Waals surface area (Å²) in [4.78, 5) is 13.5. The Morgan fingerprint density at radius 3 is 2.52 bits per heavy atom. The maximum absolute atomic E-state index is 11.9. The minimum absolute atomic E-state index is 0.0452. The van der Waals surface area contributed by atoms with E-state index in [1.165, 1.54) is 0 Å². The molecule has 1 aromatic rings. The highest BCUT2D eigenvalue weighted by atomic mass is 16.5. The van der Waals surface area contributed by atoms with Crippen molar-refractivity contribution >= 4 is 5.91 Å². The van der Waals surface area contributed by atoms with Crippen LogP contribution < -0.4 is 10.5 Å². The van der Waals surface area contributed by atoms with E-state index in [1.54, 1.807) is 11.9 Å². The number of ether oxygens (including phenoxy) is 2. The highest BCUT2D eigenvalue weighted by Crippen LogP contribution is 2.13. The van der Waals surface area contributed by atoms with Crippen LogP contribution in [0.2, 0.25) is 0 Å². The van der Waals surface area contributed by atoms with Crippen LogP contribution in [0.3, 0.4) is 0 Å². The molecule has 0 spiro atoms. The molecule has 0 saturated heterocycles. The van der Waals surface area contributed by atoms with E-state index >= 15 is 0 Å². The Labute approximate surface area is 127 Å². The number of nitrogens with two attached hydrogens (primary N) is 1. The fourth-order valence-corrected chi connectivity index (χ4v) is 1.80. The Hall–Kier alpha value is -1.59. The van der Waals surface area contributed by atoms with E-state index in [0.717, 1.165) is 5.75 Å². The molecule has 118 valence electrons. The van der Waals surface area contributed by atoms with E-state index < -0.39 is 0 Å². The second-order valence-corrected chi connectivity index (χ2v) is 5.83. The third-order valence-electron chi connectivity index (χ3n) is 3.11. The molecule has 0 unspecified atom stereocenters. The number of amides is 1. The maximum Gasteiger partial charge on any atom is 0.248 e. The van der Waals surface area contributed by atoms with Crippen molar-refractivity contribution in [2.24, 2.45) is 11.1 Å². The van der Waals surface area contributed by atoms with Crippen LogP contribution >= 0.6 is 0 Å². The van der Waals surface area contributed by atoms with Gasteiger partial charge in [-0.2, -0.15) is 0 Å². The summed E-state index contributed by atoms with van der Waals surface area (Å²) in [6.07, 6.45) is 0. The quantitative estimate of drug-likeness (QED) is 0.701. The van der Waals surface area contributed by atoms with Crippen LogP contribution in [-0.2, 0) is 9.53 Å². The molecule has 5 heteroatoms. The van der Waals surface area contributed by atoms with E-state index in [9.17, 15) is 4.79 Å². The zero-order valence-corrected chi connectivity index (χ0v) is 13.2. The van der Waals surface area contributed by atoms with Crippen LogP contribution in [0.1, 0.15) is 13.8 Å². The fraction of sp³-hybridized carbons (Fsp3) is 0.562. The smallest absolute Gasteiger partial charge is 0.248 e. The summed E-state index contributed by atoms with van der Waals surface area (Å²) in [5.41, 5.74) is 5.58. The first-order chi connectivity index (χ1) is 9.94. The second kappa shape index (κ2) is 8.64. The molecule has 0 atom stereocenters. The van der Waals surface area contributed by atoms with Gasteiger partial charge >= 0.3 is 0 Å². The molecule has 0 bridgehead atoms. The van der Waals surface area contributed by atoms with Gasteiger partial charge in [0.25, 0.3) is 0 Å². The Morgan fingerprint density at radius 1 is 1.24 bits per heavy atom. The first kappa shape index (κ1) is 17.5. The van der Waals surface area contributed by atoms with Crippen molar-refractivity contribution in [1.29, 1.82) is 0 Å². The number of rotatable bonds is 9. The lowest BCUT2D eigenvalue weighted by atomic mass is 9.93. The van der Waals surface area contributed by atoms with Gasteiger partial charge in [0, 0.05) is 13.6 Å². The molecular formula is C16H26N2O3. The Morgan fingerprint density at radius 2 is 1.90 bits per heavy atom. The summed E-state index contributed by atoms with van der Waals surface area (Å²) < 4.78 is 10.8. The maximum atomic E-state index is 11.9. The van der Waals surface area contributed by atoms with Crippen molar-refractivity contribution in [3.05, 3.63) is 30.3 Å². The van der Waals surface area contributed by atoms with Crippen LogP contribution in [0.15, 0.2) is 30.3 Å². The first-order valence-electron chi connectivity index (χ1n) is 7.14. The molecule has 1 rings (SSSR count). The van der Waals surface area contributed by atoms with E-state index in [2.05, 4.69) is 0 Å². The molecule has 0 heterocycles. The summed E-state index contributed by atoms with van der Waals surface area (Å²) in [6.45, 7) is 6.10. The lowest BCUT2D eigenvalue weighted by Gasteiger charge is -2.29. The van der Waals surface area contributed by atoms with Crippen LogP contribution in [0.25, 0.3) is 0 Å². The monoisotopic (exact) mass is 294 g/mol. The lowest BCUT2D eigenvalue weighted by molar-refractivity contribution is -0.136. The summed E-state index contributed by atoms with van der Waals surface area (Å²) in [5, 5.41) is 0. The average molecular weight is 294 g/mol. The average Bonchev–Trinajstić information content (AvgIpc) is 2.47. The molecule has 0 radical (unpaired) electrons. The van der Waals surface area contributed by atoms with Crippen LogP contribution in [0.4, 0.5) is 0 Å². The zero-order chi connectivity index (χ0) is 15.7. The fourth-order valence-electron chi connectivity index (χ4n) is 1.80. The number of nitrogens with zero attached hydrogens (tertiary/aromatic N) is 1. The summed E-state index contributed by atoms with van der Waals surface area (Å²) in [7, 11) is 1.77. The highest BCUT2D eigenvalue weighted by Gasteiger charge is 2.20. The molecule has 0 saturated carbocycles. The number of carbonyl (C=O) groups is 1. The number of benzene rings is 1. The van der Waals surface area contributed by atoms with E-state index in [-0.39, 0.29) is 17.9 Å². The van der Waals surface area contributed by atoms with Crippen molar-refractivity contribution in [2.75, 3.05) is 40.0 Å². The largest absolute Gasteiger partial charge is 0.491 e. The van der Waals surface area contributed by atoms with Gasteiger partial charge in [0.15, 0.2) is 0 Å². The number of hydrogen-bond acceptors (Lipinski definition) is 4. The van der Waals surface area contributed by atoms with Gasteiger partial charge in [-0.25, -0.2) is 0 Å². The standard InChI is InChI=1S/C16H26N2O3/c1-16(2,12-17)13-18(3)15(19)11-20-9-10-21-14-7-5-4-6-8-14/h4-8H,9-13,17H2,1-3H3. The summed E-state index contributed by atoms with van der Waals surface area (Å²) >= 11 is 0. The van der Waals surface area contributed by atoms with Gasteiger partial charge in [-0.15, -0.1) is 0 Å². The molecular weight excluding hydrogens is 268 g/mol. The zero-order valence-electron chi connectivity index (χ0n) is 13.2. The summed E-state index contributed by atoms with van der Waals surface area (Å²) in [5.74, 6) is 0.755. The van der Waals surface area contributed by atoms with Crippen molar-refractivity contribution in [1.82, 2.24) is 4.90 Å². The number of hydrogen-bond donors (Lipinski definition) is 1. The van der Waals surface area contributed by atoms with Crippen molar-refractivity contribution < 1.29 is 14.3 Å².